The van der Waals surface area contributed by atoms with Crippen molar-refractivity contribution in [3.8, 4) is 0 Å². The maximum Gasteiger partial charge on any atom is 0.374 e. The molecule has 0 radical (unpaired) electrons. The van der Waals surface area contributed by atoms with E-state index in [0.29, 0.717) is 6.42 Å². The van der Waals surface area contributed by atoms with Crippen molar-refractivity contribution in [2.24, 2.45) is 23.7 Å². The van der Waals surface area contributed by atoms with Crippen molar-refractivity contribution in [3.63, 3.8) is 0 Å². The minimum atomic E-state index is -3.15. The average molecular weight is 468 g/mol. The van der Waals surface area contributed by atoms with Crippen LogP contribution in [0.15, 0.2) is 0 Å². The Morgan fingerprint density at radius 3 is 1.72 bits per heavy atom. The van der Waals surface area contributed by atoms with E-state index in [2.05, 4.69) is 15.2 Å². The predicted octanol–water partition coefficient (Wildman–Crippen LogP) is 0.633. The fraction of sp³-hybridized carbons (Fsp3) is 0.833. The molecular formula is C18H30B2F4N2O6. The minimum absolute atomic E-state index is 0.298. The monoisotopic (exact) mass is 468 g/mol. The Labute approximate surface area is 185 Å². The van der Waals surface area contributed by atoms with Gasteiger partial charge in [0.1, 0.15) is 17.6 Å². The van der Waals surface area contributed by atoms with Crippen LogP contribution in [0.1, 0.15) is 27.2 Å². The molecule has 0 amide bonds. The van der Waals surface area contributed by atoms with Gasteiger partial charge in [-0.2, -0.15) is 0 Å². The summed E-state index contributed by atoms with van der Waals surface area (Å²) in [7, 11) is -0.962. The van der Waals surface area contributed by atoms with Gasteiger partial charge in [0.25, 0.3) is 11.8 Å². The topological polar surface area (TPSA) is 125 Å². The third-order valence-electron chi connectivity index (χ3n) is 5.70. The first-order chi connectivity index (χ1) is 14.5. The summed E-state index contributed by atoms with van der Waals surface area (Å²) in [5.41, 5.74) is 0. The predicted molar refractivity (Wildman–Crippen MR) is 109 cm³/mol. The number of ether oxygens (including phenoxy) is 1. The number of esters is 1. The Morgan fingerprint density at radius 2 is 1.44 bits per heavy atom. The second-order valence-corrected chi connectivity index (χ2v) is 8.28. The Morgan fingerprint density at radius 1 is 0.969 bits per heavy atom. The van der Waals surface area contributed by atoms with Crippen molar-refractivity contribution < 1.29 is 46.7 Å². The number of hydrogen-bond acceptors (Lipinski definition) is 8. The molecule has 4 N–H and O–H groups in total. The molecule has 32 heavy (non-hydrogen) atoms. The summed E-state index contributed by atoms with van der Waals surface area (Å²) in [5, 5.41) is 22.9. The molecule has 6 unspecified atom stereocenters. The average Bonchev–Trinajstić information content (AvgIpc) is 3.43. The molecule has 2 fully saturated rings. The van der Waals surface area contributed by atoms with Crippen LogP contribution < -0.4 is 10.5 Å². The molecule has 0 spiro atoms. The van der Waals surface area contributed by atoms with Crippen molar-refractivity contribution in [1.82, 2.24) is 10.5 Å². The molecule has 2 aliphatic rings. The van der Waals surface area contributed by atoms with Gasteiger partial charge in [-0.25, -0.2) is 17.6 Å². The van der Waals surface area contributed by atoms with Gasteiger partial charge >= 0.3 is 20.1 Å². The first-order valence-electron chi connectivity index (χ1n) is 10.3. The van der Waals surface area contributed by atoms with Gasteiger partial charge in [0.2, 0.25) is 0 Å². The van der Waals surface area contributed by atoms with Crippen LogP contribution in [-0.4, -0.2) is 72.7 Å². The minimum Gasteiger partial charge on any atom is -0.468 e. The van der Waals surface area contributed by atoms with Crippen LogP contribution in [0.5, 0.6) is 0 Å². The summed E-state index contributed by atoms with van der Waals surface area (Å²) >= 11 is 0. The standard InChI is InChI=1S/C9H16BF2NO3.C9H14BF2NO3/c1-4-5-6(9(5,11)12)7(8(14)16-3)13-10(2)15;1-4(14)6-7(9(6,11)12)8(5(2)15)13-10(3)16/h5-7,13,15H,4H2,1-3H3;6-8,13,16H,1-3H3. The number of carbonyl (C=O) groups excluding carboxylic acids is 3. The normalized spacial score (nSPS) is 28.4. The quantitative estimate of drug-likeness (QED) is 0.209. The molecule has 8 nitrogen and oxygen atoms in total. The van der Waals surface area contributed by atoms with Gasteiger partial charge in [0, 0.05) is 5.92 Å². The van der Waals surface area contributed by atoms with Gasteiger partial charge in [-0.1, -0.05) is 6.92 Å². The lowest BCUT2D eigenvalue weighted by Crippen LogP contribution is -2.48. The third kappa shape index (κ3) is 6.30. The van der Waals surface area contributed by atoms with Crippen LogP contribution in [0, 0.1) is 23.7 Å². The fourth-order valence-electron chi connectivity index (χ4n) is 4.12. The van der Waals surface area contributed by atoms with Gasteiger partial charge in [-0.3, -0.25) is 14.4 Å². The number of rotatable bonds is 10. The number of ketones is 2. The second kappa shape index (κ2) is 10.6. The van der Waals surface area contributed by atoms with Crippen molar-refractivity contribution in [2.75, 3.05) is 7.11 Å². The van der Waals surface area contributed by atoms with E-state index in [1.165, 1.54) is 13.6 Å². The van der Waals surface area contributed by atoms with E-state index in [1.54, 1.807) is 6.92 Å². The van der Waals surface area contributed by atoms with E-state index in [1.807, 2.05) is 0 Å². The highest BCUT2D eigenvalue weighted by molar-refractivity contribution is 6.46. The molecule has 0 bridgehead atoms. The lowest BCUT2D eigenvalue weighted by Gasteiger charge is -2.16. The van der Waals surface area contributed by atoms with E-state index in [9.17, 15) is 31.9 Å². The van der Waals surface area contributed by atoms with E-state index < -0.39 is 79.2 Å². The van der Waals surface area contributed by atoms with E-state index >= 15 is 0 Å². The number of Topliss-reactive ketones (excluding diaryl/α,β-unsaturated/α-hetero) is 2. The number of carbonyl (C=O) groups is 3. The Hall–Kier alpha value is -1.50. The molecule has 2 saturated carbocycles. The van der Waals surface area contributed by atoms with Crippen molar-refractivity contribution in [2.45, 2.75) is 64.8 Å². The molecule has 0 aliphatic heterocycles. The summed E-state index contributed by atoms with van der Waals surface area (Å²) in [6.45, 7) is 6.59. The summed E-state index contributed by atoms with van der Waals surface area (Å²) < 4.78 is 57.7. The summed E-state index contributed by atoms with van der Waals surface area (Å²) in [5.74, 6) is -12.5. The van der Waals surface area contributed by atoms with Gasteiger partial charge < -0.3 is 25.2 Å². The first-order valence-corrected chi connectivity index (χ1v) is 10.3. The van der Waals surface area contributed by atoms with E-state index in [-0.39, 0.29) is 0 Å². The van der Waals surface area contributed by atoms with Crippen molar-refractivity contribution >= 4 is 31.6 Å². The first kappa shape index (κ1) is 28.5. The zero-order valence-corrected chi connectivity index (χ0v) is 18.9. The van der Waals surface area contributed by atoms with Crippen LogP contribution in [0.25, 0.3) is 0 Å². The van der Waals surface area contributed by atoms with Crippen LogP contribution in [0.3, 0.4) is 0 Å². The SMILES string of the molecule is CB(O)NC(C(C)=O)C1C(C(C)=O)C1(F)F.CCC1C(C(NB(C)O)C(=O)OC)C1(F)F. The zero-order chi connectivity index (χ0) is 25.2. The maximum atomic E-state index is 13.3. The lowest BCUT2D eigenvalue weighted by molar-refractivity contribution is -0.144. The number of halogens is 4. The summed E-state index contributed by atoms with van der Waals surface area (Å²) in [4.78, 5) is 33.5. The lowest BCUT2D eigenvalue weighted by atomic mass is 9.85. The molecule has 6 atom stereocenters. The highest BCUT2D eigenvalue weighted by Crippen LogP contribution is 2.59. The molecule has 0 aromatic rings. The smallest absolute Gasteiger partial charge is 0.374 e. The number of alkyl halides is 4. The highest BCUT2D eigenvalue weighted by Gasteiger charge is 2.73. The maximum absolute atomic E-state index is 13.3. The van der Waals surface area contributed by atoms with E-state index in [4.69, 9.17) is 10.0 Å². The molecule has 14 heteroatoms. The van der Waals surface area contributed by atoms with Crippen molar-refractivity contribution in [1.29, 1.82) is 0 Å². The zero-order valence-electron chi connectivity index (χ0n) is 18.9. The van der Waals surface area contributed by atoms with Crippen LogP contribution in [0.2, 0.25) is 13.6 Å². The Balaban J connectivity index is 0.000000320. The molecule has 2 rings (SSSR count). The fourth-order valence-corrected chi connectivity index (χ4v) is 4.12. The molecule has 0 aromatic carbocycles. The van der Waals surface area contributed by atoms with Crippen LogP contribution >= 0.6 is 0 Å². The number of methoxy groups -OCH3 is 1. The second-order valence-electron chi connectivity index (χ2n) is 8.28. The van der Waals surface area contributed by atoms with Gasteiger partial charge in [-0.05, 0) is 33.9 Å². The molecule has 0 aromatic heterocycles. The molecule has 182 valence electrons. The molecule has 2 aliphatic carbocycles. The Bertz CT molecular complexity index is 713. The summed E-state index contributed by atoms with van der Waals surface area (Å²) in [6.07, 6.45) is 0.298. The van der Waals surface area contributed by atoms with Crippen molar-refractivity contribution in [3.05, 3.63) is 0 Å². The van der Waals surface area contributed by atoms with Crippen LogP contribution in [0.4, 0.5) is 17.6 Å². The molecular weight excluding hydrogens is 438 g/mol. The molecule has 0 heterocycles. The van der Waals surface area contributed by atoms with Gasteiger partial charge in [0.15, 0.2) is 0 Å². The van der Waals surface area contributed by atoms with Gasteiger partial charge in [0.05, 0.1) is 30.9 Å². The van der Waals surface area contributed by atoms with E-state index in [0.717, 1.165) is 21.0 Å². The summed E-state index contributed by atoms with van der Waals surface area (Å²) in [6, 6.07) is -2.33. The number of hydrogen-bond donors (Lipinski definition) is 4. The molecule has 0 saturated heterocycles. The number of nitrogens with one attached hydrogen (secondary N) is 2. The highest BCUT2D eigenvalue weighted by atomic mass is 19.3. The Kier molecular flexibility index (Phi) is 9.47. The van der Waals surface area contributed by atoms with Crippen LogP contribution in [-0.2, 0) is 19.1 Å². The largest absolute Gasteiger partial charge is 0.468 e. The van der Waals surface area contributed by atoms with Gasteiger partial charge in [-0.15, -0.1) is 0 Å². The third-order valence-corrected chi connectivity index (χ3v) is 5.70.